The second kappa shape index (κ2) is 6.17. The molecule has 1 nitrogen and oxygen atoms in total. The maximum absolute atomic E-state index is 3.55. The van der Waals surface area contributed by atoms with E-state index < -0.39 is 0 Å². The molecule has 2 aromatic carbocycles. The highest BCUT2D eigenvalue weighted by Gasteiger charge is 2.16. The van der Waals surface area contributed by atoms with Crippen LogP contribution in [-0.2, 0) is 0 Å². The van der Waals surface area contributed by atoms with Crippen LogP contribution in [0.15, 0.2) is 46.9 Å². The highest BCUT2D eigenvalue weighted by atomic mass is 127. The standard InChI is InChI=1S/C15H15BrIN/c1-10-5-3-4-6-12(10)15(18-2)13-9-11(16)7-8-14(13)17/h3-9,15,18H,1-2H3. The van der Waals surface area contributed by atoms with Crippen LogP contribution in [0.4, 0.5) is 0 Å². The molecular weight excluding hydrogens is 401 g/mol. The first kappa shape index (κ1) is 14.0. The van der Waals surface area contributed by atoms with Crippen molar-refractivity contribution in [1.82, 2.24) is 5.32 Å². The van der Waals surface area contributed by atoms with E-state index in [1.165, 1.54) is 20.3 Å². The molecule has 0 fully saturated rings. The molecule has 18 heavy (non-hydrogen) atoms. The van der Waals surface area contributed by atoms with Gasteiger partial charge in [0.25, 0.3) is 0 Å². The molecule has 0 aromatic heterocycles. The summed E-state index contributed by atoms with van der Waals surface area (Å²) in [6, 6.07) is 15.2. The van der Waals surface area contributed by atoms with Gasteiger partial charge < -0.3 is 5.32 Å². The summed E-state index contributed by atoms with van der Waals surface area (Å²) >= 11 is 5.95. The van der Waals surface area contributed by atoms with Crippen LogP contribution in [0.3, 0.4) is 0 Å². The van der Waals surface area contributed by atoms with Crippen molar-refractivity contribution in [1.29, 1.82) is 0 Å². The smallest absolute Gasteiger partial charge is 0.0587 e. The average Bonchev–Trinajstić information content (AvgIpc) is 2.36. The van der Waals surface area contributed by atoms with Gasteiger partial charge in [-0.2, -0.15) is 0 Å². The topological polar surface area (TPSA) is 12.0 Å². The number of halogens is 2. The van der Waals surface area contributed by atoms with Crippen LogP contribution >= 0.6 is 38.5 Å². The van der Waals surface area contributed by atoms with E-state index in [1.807, 2.05) is 7.05 Å². The Bertz CT molecular complexity index is 554. The summed E-state index contributed by atoms with van der Waals surface area (Å²) in [6.45, 7) is 2.16. The molecule has 0 aliphatic heterocycles. The van der Waals surface area contributed by atoms with Crippen molar-refractivity contribution in [3.05, 3.63) is 67.2 Å². The molecule has 0 heterocycles. The van der Waals surface area contributed by atoms with Gasteiger partial charge in [-0.05, 0) is 71.5 Å². The molecule has 1 N–H and O–H groups in total. The molecule has 0 saturated heterocycles. The number of benzene rings is 2. The molecule has 0 amide bonds. The van der Waals surface area contributed by atoms with Crippen LogP contribution in [0.1, 0.15) is 22.7 Å². The Morgan fingerprint density at radius 2 is 1.83 bits per heavy atom. The number of nitrogens with one attached hydrogen (secondary N) is 1. The summed E-state index contributed by atoms with van der Waals surface area (Å²) < 4.78 is 2.39. The van der Waals surface area contributed by atoms with Gasteiger partial charge in [-0.25, -0.2) is 0 Å². The minimum Gasteiger partial charge on any atom is -0.309 e. The van der Waals surface area contributed by atoms with Crippen molar-refractivity contribution >= 4 is 38.5 Å². The third-order valence-corrected chi connectivity index (χ3v) is 4.53. The normalized spacial score (nSPS) is 12.4. The minimum absolute atomic E-state index is 0.232. The van der Waals surface area contributed by atoms with Gasteiger partial charge in [-0.15, -0.1) is 0 Å². The predicted molar refractivity (Wildman–Crippen MR) is 88.9 cm³/mol. The van der Waals surface area contributed by atoms with E-state index in [-0.39, 0.29) is 6.04 Å². The van der Waals surface area contributed by atoms with E-state index in [2.05, 4.69) is 93.2 Å². The highest BCUT2D eigenvalue weighted by Crippen LogP contribution is 2.30. The molecule has 0 saturated carbocycles. The molecule has 0 radical (unpaired) electrons. The summed E-state index contributed by atoms with van der Waals surface area (Å²) in [5, 5.41) is 3.42. The van der Waals surface area contributed by atoms with Crippen LogP contribution in [0, 0.1) is 10.5 Å². The number of hydrogen-bond acceptors (Lipinski definition) is 1. The van der Waals surface area contributed by atoms with Crippen LogP contribution in [0.25, 0.3) is 0 Å². The monoisotopic (exact) mass is 415 g/mol. The van der Waals surface area contributed by atoms with E-state index in [0.29, 0.717) is 0 Å². The lowest BCUT2D eigenvalue weighted by Gasteiger charge is -2.21. The third kappa shape index (κ3) is 2.95. The van der Waals surface area contributed by atoms with Gasteiger partial charge in [0.15, 0.2) is 0 Å². The van der Waals surface area contributed by atoms with Crippen molar-refractivity contribution in [3.63, 3.8) is 0 Å². The molecule has 0 bridgehead atoms. The van der Waals surface area contributed by atoms with Crippen LogP contribution in [0.2, 0.25) is 0 Å². The molecule has 3 heteroatoms. The Morgan fingerprint density at radius 3 is 2.50 bits per heavy atom. The summed E-state index contributed by atoms with van der Waals surface area (Å²) in [5.74, 6) is 0. The molecule has 1 unspecified atom stereocenters. The quantitative estimate of drug-likeness (QED) is 0.718. The number of aryl methyl sites for hydroxylation is 1. The molecule has 2 rings (SSSR count). The molecule has 94 valence electrons. The molecule has 0 aliphatic rings. The van der Waals surface area contributed by atoms with Gasteiger partial charge in [0, 0.05) is 8.04 Å². The third-order valence-electron chi connectivity index (χ3n) is 3.06. The van der Waals surface area contributed by atoms with Gasteiger partial charge in [-0.1, -0.05) is 40.2 Å². The first-order chi connectivity index (χ1) is 8.63. The van der Waals surface area contributed by atoms with Crippen LogP contribution < -0.4 is 5.32 Å². The van der Waals surface area contributed by atoms with E-state index in [1.54, 1.807) is 0 Å². The van der Waals surface area contributed by atoms with Crippen molar-refractivity contribution in [2.24, 2.45) is 0 Å². The highest BCUT2D eigenvalue weighted by molar-refractivity contribution is 14.1. The summed E-state index contributed by atoms with van der Waals surface area (Å²) in [7, 11) is 2.01. The van der Waals surface area contributed by atoms with Crippen molar-refractivity contribution in [3.8, 4) is 0 Å². The zero-order valence-electron chi connectivity index (χ0n) is 10.4. The van der Waals surface area contributed by atoms with E-state index in [9.17, 15) is 0 Å². The molecule has 0 aliphatic carbocycles. The van der Waals surface area contributed by atoms with Gasteiger partial charge in [-0.3, -0.25) is 0 Å². The maximum atomic E-state index is 3.55. The lowest BCUT2D eigenvalue weighted by atomic mass is 9.95. The summed E-state index contributed by atoms with van der Waals surface area (Å²) in [6.07, 6.45) is 0. The van der Waals surface area contributed by atoms with E-state index in [0.717, 1.165) is 4.47 Å². The zero-order valence-corrected chi connectivity index (χ0v) is 14.1. The lowest BCUT2D eigenvalue weighted by Crippen LogP contribution is -2.19. The zero-order chi connectivity index (χ0) is 13.1. The Labute approximate surface area is 130 Å². The van der Waals surface area contributed by atoms with E-state index in [4.69, 9.17) is 0 Å². The fourth-order valence-corrected chi connectivity index (χ4v) is 3.15. The Kier molecular flexibility index (Phi) is 4.81. The summed E-state index contributed by atoms with van der Waals surface area (Å²) in [4.78, 5) is 0. The predicted octanol–water partition coefficient (Wildman–Crippen LogP) is 4.67. The fourth-order valence-electron chi connectivity index (χ4n) is 2.13. The van der Waals surface area contributed by atoms with Gasteiger partial charge in [0.05, 0.1) is 6.04 Å². The number of rotatable bonds is 3. The fraction of sp³-hybridized carbons (Fsp3) is 0.200. The van der Waals surface area contributed by atoms with Crippen LogP contribution in [-0.4, -0.2) is 7.05 Å². The number of hydrogen-bond donors (Lipinski definition) is 1. The van der Waals surface area contributed by atoms with Crippen molar-refractivity contribution in [2.45, 2.75) is 13.0 Å². The molecule has 2 aromatic rings. The van der Waals surface area contributed by atoms with Gasteiger partial charge in [0.2, 0.25) is 0 Å². The SMILES string of the molecule is CNC(c1ccccc1C)c1cc(Br)ccc1I. The molecule has 0 spiro atoms. The first-order valence-electron chi connectivity index (χ1n) is 5.81. The molecule has 1 atom stereocenters. The lowest BCUT2D eigenvalue weighted by molar-refractivity contribution is 0.684. The van der Waals surface area contributed by atoms with E-state index >= 15 is 0 Å². The minimum atomic E-state index is 0.232. The van der Waals surface area contributed by atoms with Crippen molar-refractivity contribution < 1.29 is 0 Å². The van der Waals surface area contributed by atoms with Gasteiger partial charge in [0.1, 0.15) is 0 Å². The second-order valence-corrected chi connectivity index (χ2v) is 6.32. The summed E-state index contributed by atoms with van der Waals surface area (Å²) in [5.41, 5.74) is 3.95. The second-order valence-electron chi connectivity index (χ2n) is 4.24. The first-order valence-corrected chi connectivity index (χ1v) is 7.68. The Balaban J connectivity index is 2.52. The van der Waals surface area contributed by atoms with Crippen molar-refractivity contribution in [2.75, 3.05) is 7.05 Å². The maximum Gasteiger partial charge on any atom is 0.0587 e. The van der Waals surface area contributed by atoms with Crippen LogP contribution in [0.5, 0.6) is 0 Å². The largest absolute Gasteiger partial charge is 0.309 e. The average molecular weight is 416 g/mol. The Morgan fingerprint density at radius 1 is 1.11 bits per heavy atom. The Hall–Kier alpha value is -0.390. The van der Waals surface area contributed by atoms with Gasteiger partial charge >= 0.3 is 0 Å². The molecular formula is C15H15BrIN.